The minimum atomic E-state index is -0.819. The summed E-state index contributed by atoms with van der Waals surface area (Å²) in [5, 5.41) is 23.8. The molecule has 372 valence electrons. The van der Waals surface area contributed by atoms with Gasteiger partial charge in [-0.3, -0.25) is 9.59 Å². The standard InChI is InChI=1S/C58H105NO5/c1-4-7-10-13-16-19-22-25-28-29-30-32-35-38-41-44-47-50-56(61)55(53-60)59-57(62)52-54(49-46-43-40-37-34-31-26-23-20-17-14-11-8-5-2)64-58(63)51-48-45-42-39-36-33-27-24-21-18-15-12-9-6-3/h8,11,17,20,26,31,37,40,46,49,54-56,60-61H,4-7,9-10,12-16,18-19,21-25,27-30,32-36,38-39,41-45,47-48,50-53H2,1-3H3,(H,59,62)/b11-8+,20-17+,31-26+,40-37+,49-46+. The first-order valence-electron chi connectivity index (χ1n) is 27.5. The van der Waals surface area contributed by atoms with E-state index in [1.807, 2.05) is 12.2 Å². The number of rotatable bonds is 49. The molecule has 0 bridgehead atoms. The Labute approximate surface area is 397 Å². The van der Waals surface area contributed by atoms with E-state index in [4.69, 9.17) is 4.74 Å². The SMILES string of the molecule is CC/C=C/C/C=C/C/C=C/C/C=C/C/C=C/C(CC(=O)NC(CO)C(O)CCCCCCCCCCCCCCCCCCC)OC(=O)CCCCCCCCCCCCCCCC. The Kier molecular flexibility index (Phi) is 49.6. The molecule has 64 heavy (non-hydrogen) atoms. The van der Waals surface area contributed by atoms with Crippen molar-refractivity contribution in [1.82, 2.24) is 5.32 Å². The number of aliphatic hydroxyl groups is 2. The van der Waals surface area contributed by atoms with Gasteiger partial charge in [0.05, 0.1) is 25.2 Å². The van der Waals surface area contributed by atoms with Gasteiger partial charge in [0.25, 0.3) is 0 Å². The Morgan fingerprint density at radius 2 is 0.812 bits per heavy atom. The van der Waals surface area contributed by atoms with E-state index in [-0.39, 0.29) is 24.9 Å². The lowest BCUT2D eigenvalue weighted by molar-refractivity contribution is -0.148. The third-order valence-electron chi connectivity index (χ3n) is 12.4. The Morgan fingerprint density at radius 1 is 0.469 bits per heavy atom. The molecular weight excluding hydrogens is 791 g/mol. The second kappa shape index (κ2) is 51.5. The van der Waals surface area contributed by atoms with Crippen molar-refractivity contribution in [2.24, 2.45) is 0 Å². The molecule has 1 amide bonds. The Hall–Kier alpha value is -2.44. The van der Waals surface area contributed by atoms with Crippen LogP contribution in [0.5, 0.6) is 0 Å². The summed E-state index contributed by atoms with van der Waals surface area (Å²) in [5.74, 6) is -0.620. The van der Waals surface area contributed by atoms with Gasteiger partial charge in [0.2, 0.25) is 5.91 Å². The highest BCUT2D eigenvalue weighted by Gasteiger charge is 2.23. The summed E-state index contributed by atoms with van der Waals surface area (Å²) >= 11 is 0. The minimum Gasteiger partial charge on any atom is -0.458 e. The molecule has 0 fully saturated rings. The van der Waals surface area contributed by atoms with Gasteiger partial charge in [-0.05, 0) is 51.0 Å². The molecule has 0 rings (SSSR count). The van der Waals surface area contributed by atoms with E-state index < -0.39 is 18.2 Å². The molecule has 0 aliphatic rings. The van der Waals surface area contributed by atoms with Crippen molar-refractivity contribution in [1.29, 1.82) is 0 Å². The molecule has 0 heterocycles. The predicted molar refractivity (Wildman–Crippen MR) is 278 cm³/mol. The maximum absolute atomic E-state index is 13.2. The third kappa shape index (κ3) is 46.1. The van der Waals surface area contributed by atoms with Gasteiger partial charge < -0.3 is 20.3 Å². The highest BCUT2D eigenvalue weighted by atomic mass is 16.5. The zero-order chi connectivity index (χ0) is 46.7. The number of ether oxygens (including phenoxy) is 1. The quantitative estimate of drug-likeness (QED) is 0.0321. The Morgan fingerprint density at radius 3 is 1.19 bits per heavy atom. The molecule has 0 spiro atoms. The highest BCUT2D eigenvalue weighted by Crippen LogP contribution is 2.17. The molecule has 0 saturated carbocycles. The molecule has 0 aromatic carbocycles. The van der Waals surface area contributed by atoms with E-state index in [1.54, 1.807) is 0 Å². The fourth-order valence-electron chi connectivity index (χ4n) is 8.22. The maximum atomic E-state index is 13.2. The van der Waals surface area contributed by atoms with Crippen LogP contribution in [0.25, 0.3) is 0 Å². The lowest BCUT2D eigenvalue weighted by Gasteiger charge is -2.23. The topological polar surface area (TPSA) is 95.9 Å². The van der Waals surface area contributed by atoms with Gasteiger partial charge in [0.1, 0.15) is 6.10 Å². The number of carbonyl (C=O) groups is 2. The molecule has 3 atom stereocenters. The minimum absolute atomic E-state index is 0.0441. The van der Waals surface area contributed by atoms with Crippen LogP contribution in [-0.4, -0.2) is 46.9 Å². The van der Waals surface area contributed by atoms with Gasteiger partial charge >= 0.3 is 5.97 Å². The van der Waals surface area contributed by atoms with Gasteiger partial charge in [-0.2, -0.15) is 0 Å². The second-order valence-corrected chi connectivity index (χ2v) is 18.6. The molecule has 3 N–H and O–H groups in total. The van der Waals surface area contributed by atoms with Crippen molar-refractivity contribution in [3.63, 3.8) is 0 Å². The predicted octanol–water partition coefficient (Wildman–Crippen LogP) is 16.8. The van der Waals surface area contributed by atoms with Crippen LogP contribution < -0.4 is 5.32 Å². The summed E-state index contributed by atoms with van der Waals surface area (Å²) in [4.78, 5) is 26.1. The molecule has 6 nitrogen and oxygen atoms in total. The monoisotopic (exact) mass is 896 g/mol. The number of amides is 1. The second-order valence-electron chi connectivity index (χ2n) is 18.6. The van der Waals surface area contributed by atoms with Gasteiger partial charge in [0, 0.05) is 6.42 Å². The number of hydrogen-bond acceptors (Lipinski definition) is 5. The lowest BCUT2D eigenvalue weighted by atomic mass is 10.0. The van der Waals surface area contributed by atoms with E-state index in [1.165, 1.54) is 161 Å². The van der Waals surface area contributed by atoms with Crippen LogP contribution in [0.1, 0.15) is 271 Å². The van der Waals surface area contributed by atoms with Crippen LogP contribution in [0.3, 0.4) is 0 Å². The van der Waals surface area contributed by atoms with Crippen molar-refractivity contribution in [3.05, 3.63) is 60.8 Å². The summed E-state index contributed by atoms with van der Waals surface area (Å²) in [6, 6.07) is -0.742. The van der Waals surface area contributed by atoms with Crippen molar-refractivity contribution in [2.75, 3.05) is 6.61 Å². The van der Waals surface area contributed by atoms with Crippen LogP contribution >= 0.6 is 0 Å². The maximum Gasteiger partial charge on any atom is 0.306 e. The van der Waals surface area contributed by atoms with Crippen LogP contribution in [0, 0.1) is 0 Å². The highest BCUT2D eigenvalue weighted by molar-refractivity contribution is 5.78. The first-order valence-corrected chi connectivity index (χ1v) is 27.5. The summed E-state index contributed by atoms with van der Waals surface area (Å²) in [6.07, 6.45) is 64.6. The fraction of sp³-hybridized carbons (Fsp3) is 0.793. The number of hydrogen-bond donors (Lipinski definition) is 3. The molecular formula is C58H105NO5. The van der Waals surface area contributed by atoms with Crippen molar-refractivity contribution in [3.8, 4) is 0 Å². The number of unbranched alkanes of at least 4 members (excludes halogenated alkanes) is 29. The van der Waals surface area contributed by atoms with Gasteiger partial charge in [-0.25, -0.2) is 0 Å². The first kappa shape index (κ1) is 61.6. The number of aliphatic hydroxyl groups excluding tert-OH is 2. The average molecular weight is 896 g/mol. The number of esters is 1. The van der Waals surface area contributed by atoms with Crippen molar-refractivity contribution >= 4 is 11.9 Å². The summed E-state index contributed by atoms with van der Waals surface area (Å²) in [7, 11) is 0. The van der Waals surface area contributed by atoms with Gasteiger partial charge in [0.15, 0.2) is 0 Å². The summed E-state index contributed by atoms with van der Waals surface area (Å²) in [5.41, 5.74) is 0. The third-order valence-corrected chi connectivity index (χ3v) is 12.4. The zero-order valence-corrected chi connectivity index (χ0v) is 42.4. The van der Waals surface area contributed by atoms with E-state index in [9.17, 15) is 19.8 Å². The van der Waals surface area contributed by atoms with Crippen LogP contribution in [0.2, 0.25) is 0 Å². The van der Waals surface area contributed by atoms with E-state index in [2.05, 4.69) is 74.7 Å². The summed E-state index contributed by atoms with van der Waals surface area (Å²) < 4.78 is 5.83. The number of nitrogens with one attached hydrogen (secondary N) is 1. The van der Waals surface area contributed by atoms with Crippen LogP contribution in [0.15, 0.2) is 60.8 Å². The van der Waals surface area contributed by atoms with E-state index in [0.29, 0.717) is 19.3 Å². The zero-order valence-electron chi connectivity index (χ0n) is 42.4. The summed E-state index contributed by atoms with van der Waals surface area (Å²) in [6.45, 7) is 6.35. The molecule has 0 aliphatic carbocycles. The van der Waals surface area contributed by atoms with Gasteiger partial charge in [-0.1, -0.05) is 268 Å². The molecule has 0 saturated heterocycles. The van der Waals surface area contributed by atoms with Crippen LogP contribution in [-0.2, 0) is 14.3 Å². The van der Waals surface area contributed by atoms with E-state index >= 15 is 0 Å². The van der Waals surface area contributed by atoms with Crippen molar-refractivity contribution < 1.29 is 24.5 Å². The Balaban J connectivity index is 4.63. The largest absolute Gasteiger partial charge is 0.458 e. The molecule has 6 heteroatoms. The molecule has 0 radical (unpaired) electrons. The van der Waals surface area contributed by atoms with Crippen LogP contribution in [0.4, 0.5) is 0 Å². The molecule has 0 aromatic rings. The first-order chi connectivity index (χ1) is 31.5. The molecule has 0 aliphatic heterocycles. The van der Waals surface area contributed by atoms with E-state index in [0.717, 1.165) is 64.2 Å². The normalized spacial score (nSPS) is 13.6. The molecule has 0 aromatic heterocycles. The number of carbonyl (C=O) groups excluding carboxylic acids is 2. The fourth-order valence-corrected chi connectivity index (χ4v) is 8.22. The average Bonchev–Trinajstić information content (AvgIpc) is 3.29. The molecule has 3 unspecified atom stereocenters. The van der Waals surface area contributed by atoms with Crippen molar-refractivity contribution in [2.45, 2.75) is 289 Å². The lowest BCUT2D eigenvalue weighted by Crippen LogP contribution is -2.46. The smallest absolute Gasteiger partial charge is 0.306 e. The number of allylic oxidation sites excluding steroid dienone is 9. The van der Waals surface area contributed by atoms with Gasteiger partial charge in [-0.15, -0.1) is 0 Å². The Bertz CT molecular complexity index is 1140.